The van der Waals surface area contributed by atoms with Gasteiger partial charge in [-0.3, -0.25) is 10.1 Å². The van der Waals surface area contributed by atoms with Crippen LogP contribution in [0.5, 0.6) is 0 Å². The molecule has 0 fully saturated rings. The number of carbonyl (C=O) groups excluding carboxylic acids is 3. The van der Waals surface area contributed by atoms with Crippen LogP contribution >= 0.6 is 0 Å². The van der Waals surface area contributed by atoms with Crippen LogP contribution in [-0.2, 0) is 16.5 Å². The molecule has 2 aromatic heterocycles. The number of imidazole rings is 1. The maximum atomic E-state index is 13.6. The number of esters is 1. The van der Waals surface area contributed by atoms with Gasteiger partial charge in [0, 0.05) is 30.8 Å². The molecule has 1 atom stereocenters. The SMILES string of the molecule is CC(CCCCNC(=O)OC(C)(C)C)n1c(NC(=O)c2cccc(C(=O)OC(C)(C)C)c2)nc2cccc(-c3ncnn3C)c21. The number of hydrogen-bond donors (Lipinski definition) is 2. The molecule has 0 spiro atoms. The number of nitrogens with zero attached hydrogens (tertiary/aromatic N) is 5. The van der Waals surface area contributed by atoms with Crippen molar-refractivity contribution in [2.45, 2.75) is 85.0 Å². The van der Waals surface area contributed by atoms with Crippen molar-refractivity contribution in [1.82, 2.24) is 29.6 Å². The molecule has 2 aromatic carbocycles. The van der Waals surface area contributed by atoms with Crippen molar-refractivity contribution in [2.75, 3.05) is 11.9 Å². The smallest absolute Gasteiger partial charge is 0.407 e. The highest BCUT2D eigenvalue weighted by atomic mass is 16.6. The molecule has 4 rings (SSSR count). The fourth-order valence-electron chi connectivity index (χ4n) is 4.88. The van der Waals surface area contributed by atoms with E-state index in [0.29, 0.717) is 29.4 Å². The average Bonchev–Trinajstić information content (AvgIpc) is 3.53. The van der Waals surface area contributed by atoms with Crippen LogP contribution in [0.15, 0.2) is 48.8 Å². The lowest BCUT2D eigenvalue weighted by atomic mass is 10.1. The lowest BCUT2D eigenvalue weighted by Crippen LogP contribution is -2.33. The molecule has 0 aliphatic carbocycles. The van der Waals surface area contributed by atoms with E-state index in [9.17, 15) is 14.4 Å². The fraction of sp³-hybridized carbons (Fsp3) is 0.455. The number of para-hydroxylation sites is 1. The van der Waals surface area contributed by atoms with Gasteiger partial charge in [-0.2, -0.15) is 5.10 Å². The van der Waals surface area contributed by atoms with E-state index in [0.717, 1.165) is 30.3 Å². The molecule has 2 N–H and O–H groups in total. The summed E-state index contributed by atoms with van der Waals surface area (Å²) in [5.41, 5.74) is 1.68. The first-order valence-corrected chi connectivity index (χ1v) is 15.1. The molecule has 2 amide bonds. The van der Waals surface area contributed by atoms with Gasteiger partial charge in [0.05, 0.1) is 16.6 Å². The molecule has 12 nitrogen and oxygen atoms in total. The van der Waals surface area contributed by atoms with Crippen LogP contribution in [0.1, 0.15) is 94.5 Å². The number of nitrogens with one attached hydrogen (secondary N) is 2. The number of amides is 2. The number of benzene rings is 2. The molecule has 4 aromatic rings. The molecular weight excluding hydrogens is 574 g/mol. The summed E-state index contributed by atoms with van der Waals surface area (Å²) in [5, 5.41) is 10.0. The fourth-order valence-corrected chi connectivity index (χ4v) is 4.88. The van der Waals surface area contributed by atoms with Crippen LogP contribution in [0.4, 0.5) is 10.7 Å². The van der Waals surface area contributed by atoms with E-state index in [4.69, 9.17) is 14.5 Å². The van der Waals surface area contributed by atoms with Gasteiger partial charge in [-0.1, -0.05) is 12.1 Å². The number of aromatic nitrogens is 5. The topological polar surface area (TPSA) is 142 Å². The van der Waals surface area contributed by atoms with Gasteiger partial charge >= 0.3 is 12.1 Å². The number of alkyl carbamates (subject to hydrolysis) is 1. The Bertz CT molecular complexity index is 1680. The maximum Gasteiger partial charge on any atom is 0.407 e. The molecule has 0 aliphatic rings. The summed E-state index contributed by atoms with van der Waals surface area (Å²) >= 11 is 0. The number of anilines is 1. The van der Waals surface area contributed by atoms with Gasteiger partial charge in [-0.05, 0) is 98.1 Å². The van der Waals surface area contributed by atoms with E-state index in [1.54, 1.807) is 43.7 Å². The highest BCUT2D eigenvalue weighted by Crippen LogP contribution is 2.34. The molecule has 0 bridgehead atoms. The van der Waals surface area contributed by atoms with Crippen molar-refractivity contribution < 1.29 is 23.9 Å². The highest BCUT2D eigenvalue weighted by molar-refractivity contribution is 6.06. The van der Waals surface area contributed by atoms with Gasteiger partial charge in [0.15, 0.2) is 5.82 Å². The number of fused-ring (bicyclic) bond motifs is 1. The third kappa shape index (κ3) is 8.68. The zero-order valence-corrected chi connectivity index (χ0v) is 27.3. The molecule has 0 saturated heterocycles. The van der Waals surface area contributed by atoms with Crippen molar-refractivity contribution >= 4 is 35.0 Å². The molecular formula is C33H43N7O5. The van der Waals surface area contributed by atoms with Crippen LogP contribution in [0.3, 0.4) is 0 Å². The number of unbranched alkanes of at least 4 members (excludes halogenated alkanes) is 1. The monoisotopic (exact) mass is 617 g/mol. The molecule has 0 saturated carbocycles. The Balaban J connectivity index is 1.60. The lowest BCUT2D eigenvalue weighted by Gasteiger charge is -2.20. The Labute approximate surface area is 263 Å². The number of rotatable bonds is 10. The third-order valence-corrected chi connectivity index (χ3v) is 6.80. The van der Waals surface area contributed by atoms with Gasteiger partial charge < -0.3 is 19.4 Å². The van der Waals surface area contributed by atoms with Gasteiger partial charge in [-0.15, -0.1) is 0 Å². The second-order valence-electron chi connectivity index (χ2n) is 13.0. The van der Waals surface area contributed by atoms with Crippen LogP contribution < -0.4 is 10.6 Å². The van der Waals surface area contributed by atoms with Crippen molar-refractivity contribution in [1.29, 1.82) is 0 Å². The number of ether oxygens (including phenoxy) is 2. The van der Waals surface area contributed by atoms with Crippen molar-refractivity contribution in [3.8, 4) is 11.4 Å². The van der Waals surface area contributed by atoms with Crippen LogP contribution in [0.25, 0.3) is 22.4 Å². The van der Waals surface area contributed by atoms with E-state index in [1.807, 2.05) is 50.6 Å². The molecule has 12 heteroatoms. The average molecular weight is 618 g/mol. The summed E-state index contributed by atoms with van der Waals surface area (Å²) in [6, 6.07) is 12.1. The Kier molecular flexibility index (Phi) is 9.94. The van der Waals surface area contributed by atoms with Gasteiger partial charge in [0.2, 0.25) is 5.95 Å². The molecule has 45 heavy (non-hydrogen) atoms. The van der Waals surface area contributed by atoms with E-state index < -0.39 is 29.2 Å². The largest absolute Gasteiger partial charge is 0.456 e. The summed E-state index contributed by atoms with van der Waals surface area (Å²) in [4.78, 5) is 47.5. The minimum atomic E-state index is -0.664. The Morgan fingerprint density at radius 3 is 2.29 bits per heavy atom. The zero-order valence-electron chi connectivity index (χ0n) is 27.3. The number of hydrogen-bond acceptors (Lipinski definition) is 8. The first-order valence-electron chi connectivity index (χ1n) is 15.1. The Morgan fingerprint density at radius 1 is 0.933 bits per heavy atom. The Morgan fingerprint density at radius 2 is 1.62 bits per heavy atom. The van der Waals surface area contributed by atoms with Crippen LogP contribution in [-0.4, -0.2) is 60.0 Å². The molecule has 2 heterocycles. The van der Waals surface area contributed by atoms with Gasteiger partial charge in [0.25, 0.3) is 5.91 Å². The van der Waals surface area contributed by atoms with E-state index in [2.05, 4.69) is 27.6 Å². The van der Waals surface area contributed by atoms with Gasteiger partial charge in [0.1, 0.15) is 17.5 Å². The normalized spacial score (nSPS) is 12.5. The summed E-state index contributed by atoms with van der Waals surface area (Å²) in [6.45, 7) is 13.4. The predicted molar refractivity (Wildman–Crippen MR) is 172 cm³/mol. The second kappa shape index (κ2) is 13.5. The third-order valence-electron chi connectivity index (χ3n) is 6.80. The van der Waals surface area contributed by atoms with Crippen molar-refractivity contribution in [2.24, 2.45) is 7.05 Å². The van der Waals surface area contributed by atoms with Crippen molar-refractivity contribution in [3.63, 3.8) is 0 Å². The number of carbonyl (C=O) groups is 3. The lowest BCUT2D eigenvalue weighted by molar-refractivity contribution is 0.00691. The molecule has 240 valence electrons. The first-order chi connectivity index (χ1) is 21.1. The quantitative estimate of drug-likeness (QED) is 0.156. The van der Waals surface area contributed by atoms with E-state index >= 15 is 0 Å². The summed E-state index contributed by atoms with van der Waals surface area (Å²) in [5.74, 6) is 0.114. The molecule has 0 aliphatic heterocycles. The maximum absolute atomic E-state index is 13.6. The summed E-state index contributed by atoms with van der Waals surface area (Å²) < 4.78 is 14.5. The standard InChI is InChI=1S/C33H43N7O5/c1-21(13-9-10-18-34-31(43)45-33(5,6)7)40-26-24(27-35-20-36-39(27)8)16-12-17-25(26)37-30(40)38-28(41)22-14-11-15-23(19-22)29(42)44-32(2,3)4/h11-12,14-17,19-21H,9-10,13,18H2,1-8H3,(H,34,43)(H,37,38,41). The minimum absolute atomic E-state index is 0.0886. The van der Waals surface area contributed by atoms with Crippen LogP contribution in [0.2, 0.25) is 0 Å². The Hall–Kier alpha value is -4.74. The molecule has 0 radical (unpaired) electrons. The van der Waals surface area contributed by atoms with E-state index in [1.165, 1.54) is 12.4 Å². The van der Waals surface area contributed by atoms with Crippen molar-refractivity contribution in [3.05, 3.63) is 59.9 Å². The second-order valence-corrected chi connectivity index (χ2v) is 13.0. The minimum Gasteiger partial charge on any atom is -0.456 e. The number of aryl methyl sites for hydroxylation is 1. The summed E-state index contributed by atoms with van der Waals surface area (Å²) in [6.07, 6.45) is 3.34. The first kappa shape index (κ1) is 33.2. The molecule has 1 unspecified atom stereocenters. The highest BCUT2D eigenvalue weighted by Gasteiger charge is 2.24. The van der Waals surface area contributed by atoms with Gasteiger partial charge in [-0.25, -0.2) is 24.2 Å². The summed E-state index contributed by atoms with van der Waals surface area (Å²) in [7, 11) is 1.82. The zero-order chi connectivity index (χ0) is 32.9. The van der Waals surface area contributed by atoms with Crippen LogP contribution in [0, 0.1) is 0 Å². The predicted octanol–water partition coefficient (Wildman–Crippen LogP) is 6.30. The van der Waals surface area contributed by atoms with E-state index in [-0.39, 0.29) is 11.6 Å².